The van der Waals surface area contributed by atoms with Gasteiger partial charge in [-0.25, -0.2) is 0 Å². The lowest BCUT2D eigenvalue weighted by Gasteiger charge is -2.36. The van der Waals surface area contributed by atoms with Crippen molar-refractivity contribution in [2.45, 2.75) is 65.5 Å². The smallest absolute Gasteiger partial charge is 0.237 e. The topological polar surface area (TPSA) is 49.4 Å². The zero-order chi connectivity index (χ0) is 14.6. The van der Waals surface area contributed by atoms with Crippen LogP contribution >= 0.6 is 0 Å². The molecule has 0 saturated carbocycles. The highest BCUT2D eigenvalue weighted by molar-refractivity contribution is 5.84. The van der Waals surface area contributed by atoms with E-state index in [0.29, 0.717) is 18.7 Å². The van der Waals surface area contributed by atoms with Crippen molar-refractivity contribution in [3.63, 3.8) is 0 Å². The lowest BCUT2D eigenvalue weighted by atomic mass is 9.93. The summed E-state index contributed by atoms with van der Waals surface area (Å²) in [4.78, 5) is 26.1. The van der Waals surface area contributed by atoms with Gasteiger partial charge in [-0.3, -0.25) is 14.5 Å². The predicted molar refractivity (Wildman–Crippen MR) is 77.0 cm³/mol. The van der Waals surface area contributed by atoms with E-state index in [2.05, 4.69) is 17.1 Å². The van der Waals surface area contributed by atoms with Crippen LogP contribution in [0.5, 0.6) is 0 Å². The minimum Gasteiger partial charge on any atom is -0.350 e. The average molecular weight is 268 g/mol. The first kappa shape index (κ1) is 16.2. The first-order chi connectivity index (χ1) is 8.80. The number of hydrogen-bond donors (Lipinski definition) is 1. The minimum atomic E-state index is -0.166. The fraction of sp³-hybridized carbons (Fsp3) is 0.867. The first-order valence-corrected chi connectivity index (χ1v) is 7.39. The Bertz CT molecular complexity index is 339. The van der Waals surface area contributed by atoms with E-state index in [0.717, 1.165) is 19.4 Å². The molecule has 0 spiro atoms. The Labute approximate surface area is 116 Å². The summed E-state index contributed by atoms with van der Waals surface area (Å²) in [5, 5.41) is 3.08. The van der Waals surface area contributed by atoms with Crippen LogP contribution in [0.4, 0.5) is 0 Å². The molecular formula is C15H28N2O2. The molecule has 1 N–H and O–H groups in total. The summed E-state index contributed by atoms with van der Waals surface area (Å²) in [7, 11) is 0. The molecule has 1 amide bonds. The Balaban J connectivity index is 2.60. The number of carbonyl (C=O) groups excluding carboxylic acids is 2. The standard InChI is InChI=1S/C15H28N2O2/c1-6-12-10-17(9-8-13(12)18)11(3)14(19)16-15(4,5)7-2/h11-12H,6-10H2,1-5H3,(H,16,19). The molecule has 2 atom stereocenters. The van der Waals surface area contributed by atoms with Crippen molar-refractivity contribution in [2.24, 2.45) is 5.92 Å². The second-order valence-corrected chi connectivity index (χ2v) is 6.22. The highest BCUT2D eigenvalue weighted by Gasteiger charge is 2.32. The third kappa shape index (κ3) is 4.30. The van der Waals surface area contributed by atoms with E-state index >= 15 is 0 Å². The summed E-state index contributed by atoms with van der Waals surface area (Å²) in [6.07, 6.45) is 2.35. The molecule has 0 aromatic heterocycles. The normalized spacial score (nSPS) is 23.2. The highest BCUT2D eigenvalue weighted by atomic mass is 16.2. The summed E-state index contributed by atoms with van der Waals surface area (Å²) in [6, 6.07) is -0.159. The van der Waals surface area contributed by atoms with Gasteiger partial charge in [0.25, 0.3) is 0 Å². The second-order valence-electron chi connectivity index (χ2n) is 6.22. The lowest BCUT2D eigenvalue weighted by Crippen LogP contribution is -2.54. The summed E-state index contributed by atoms with van der Waals surface area (Å²) in [6.45, 7) is 11.5. The Morgan fingerprint density at radius 3 is 2.63 bits per heavy atom. The number of ketones is 1. The fourth-order valence-electron chi connectivity index (χ4n) is 2.33. The number of hydrogen-bond acceptors (Lipinski definition) is 3. The molecule has 1 aliphatic rings. The van der Waals surface area contributed by atoms with Crippen molar-refractivity contribution in [1.82, 2.24) is 10.2 Å². The van der Waals surface area contributed by atoms with E-state index < -0.39 is 0 Å². The minimum absolute atomic E-state index is 0.0658. The van der Waals surface area contributed by atoms with E-state index in [4.69, 9.17) is 0 Å². The number of rotatable bonds is 5. The molecule has 0 aliphatic carbocycles. The van der Waals surface area contributed by atoms with Crippen molar-refractivity contribution < 1.29 is 9.59 Å². The molecule has 19 heavy (non-hydrogen) atoms. The molecule has 110 valence electrons. The van der Waals surface area contributed by atoms with Crippen molar-refractivity contribution in [3.05, 3.63) is 0 Å². The van der Waals surface area contributed by atoms with Crippen LogP contribution in [0, 0.1) is 5.92 Å². The van der Waals surface area contributed by atoms with Crippen LogP contribution in [0.1, 0.15) is 53.9 Å². The molecule has 1 fully saturated rings. The van der Waals surface area contributed by atoms with Gasteiger partial charge < -0.3 is 5.32 Å². The summed E-state index contributed by atoms with van der Waals surface area (Å²) in [5.74, 6) is 0.513. The van der Waals surface area contributed by atoms with Crippen LogP contribution in [0.25, 0.3) is 0 Å². The molecule has 0 radical (unpaired) electrons. The zero-order valence-electron chi connectivity index (χ0n) is 13.0. The van der Waals surface area contributed by atoms with E-state index in [1.807, 2.05) is 27.7 Å². The molecule has 4 nitrogen and oxygen atoms in total. The highest BCUT2D eigenvalue weighted by Crippen LogP contribution is 2.18. The van der Waals surface area contributed by atoms with Crippen LogP contribution in [-0.4, -0.2) is 41.3 Å². The average Bonchev–Trinajstić information content (AvgIpc) is 2.38. The van der Waals surface area contributed by atoms with Crippen LogP contribution < -0.4 is 5.32 Å². The number of nitrogens with one attached hydrogen (secondary N) is 1. The summed E-state index contributed by atoms with van der Waals surface area (Å²) in [5.41, 5.74) is -0.166. The van der Waals surface area contributed by atoms with Gasteiger partial charge in [-0.1, -0.05) is 13.8 Å². The largest absolute Gasteiger partial charge is 0.350 e. The zero-order valence-corrected chi connectivity index (χ0v) is 13.0. The molecule has 0 aromatic rings. The van der Waals surface area contributed by atoms with Crippen LogP contribution in [0.3, 0.4) is 0 Å². The van der Waals surface area contributed by atoms with Crippen molar-refractivity contribution >= 4 is 11.7 Å². The summed E-state index contributed by atoms with van der Waals surface area (Å²) < 4.78 is 0. The number of carbonyl (C=O) groups is 2. The number of Topliss-reactive ketones (excluding diaryl/α,β-unsaturated/α-hetero) is 1. The van der Waals surface area contributed by atoms with Crippen molar-refractivity contribution in [2.75, 3.05) is 13.1 Å². The van der Waals surface area contributed by atoms with Gasteiger partial charge in [0, 0.05) is 31.0 Å². The lowest BCUT2D eigenvalue weighted by molar-refractivity contribution is -0.133. The van der Waals surface area contributed by atoms with Gasteiger partial charge in [0.1, 0.15) is 5.78 Å². The maximum atomic E-state index is 12.3. The van der Waals surface area contributed by atoms with Crippen LogP contribution in [-0.2, 0) is 9.59 Å². The van der Waals surface area contributed by atoms with Crippen molar-refractivity contribution in [1.29, 1.82) is 0 Å². The predicted octanol–water partition coefficient (Wildman–Crippen LogP) is 1.98. The van der Waals surface area contributed by atoms with Gasteiger partial charge in [0.2, 0.25) is 5.91 Å². The Morgan fingerprint density at radius 2 is 2.11 bits per heavy atom. The van der Waals surface area contributed by atoms with Crippen LogP contribution in [0.2, 0.25) is 0 Å². The molecule has 1 rings (SSSR count). The molecule has 1 heterocycles. The Hall–Kier alpha value is -0.900. The Morgan fingerprint density at radius 1 is 1.47 bits per heavy atom. The molecular weight excluding hydrogens is 240 g/mol. The SMILES string of the molecule is CCC1CN(C(C)C(=O)NC(C)(C)CC)CCC1=O. The van der Waals surface area contributed by atoms with Gasteiger partial charge in [-0.2, -0.15) is 0 Å². The third-order valence-corrected chi connectivity index (χ3v) is 4.32. The third-order valence-electron chi connectivity index (χ3n) is 4.32. The number of nitrogens with zero attached hydrogens (tertiary/aromatic N) is 1. The number of likely N-dealkylation sites (tertiary alicyclic amines) is 1. The monoisotopic (exact) mass is 268 g/mol. The van der Waals surface area contributed by atoms with Gasteiger partial charge in [-0.15, -0.1) is 0 Å². The molecule has 0 aromatic carbocycles. The van der Waals surface area contributed by atoms with Gasteiger partial charge in [0.05, 0.1) is 6.04 Å². The van der Waals surface area contributed by atoms with Gasteiger partial charge in [0.15, 0.2) is 0 Å². The molecule has 1 aliphatic heterocycles. The molecule has 0 bridgehead atoms. The second kappa shape index (κ2) is 6.51. The van der Waals surface area contributed by atoms with E-state index in [9.17, 15) is 9.59 Å². The molecule has 2 unspecified atom stereocenters. The molecule has 4 heteroatoms. The first-order valence-electron chi connectivity index (χ1n) is 7.39. The molecule has 1 saturated heterocycles. The van der Waals surface area contributed by atoms with E-state index in [1.54, 1.807) is 0 Å². The maximum Gasteiger partial charge on any atom is 0.237 e. The van der Waals surface area contributed by atoms with Gasteiger partial charge in [-0.05, 0) is 33.6 Å². The fourth-order valence-corrected chi connectivity index (χ4v) is 2.33. The van der Waals surface area contributed by atoms with Crippen molar-refractivity contribution in [3.8, 4) is 0 Å². The van der Waals surface area contributed by atoms with Crippen LogP contribution in [0.15, 0.2) is 0 Å². The quantitative estimate of drug-likeness (QED) is 0.829. The van der Waals surface area contributed by atoms with E-state index in [-0.39, 0.29) is 23.4 Å². The number of piperidine rings is 1. The Kier molecular flexibility index (Phi) is 5.53. The summed E-state index contributed by atoms with van der Waals surface area (Å²) >= 11 is 0. The van der Waals surface area contributed by atoms with E-state index in [1.165, 1.54) is 0 Å². The maximum absolute atomic E-state index is 12.3. The van der Waals surface area contributed by atoms with Gasteiger partial charge >= 0.3 is 0 Å². The number of amides is 1.